The number of methoxy groups -OCH3 is 1. The number of rotatable bonds is 1. The van der Waals surface area contributed by atoms with Crippen LogP contribution in [0.15, 0.2) is 0 Å². The molecule has 5 nitrogen and oxygen atoms in total. The lowest BCUT2D eigenvalue weighted by molar-refractivity contribution is -0.0221. The molecule has 1 amide bonds. The van der Waals surface area contributed by atoms with Gasteiger partial charge in [0.1, 0.15) is 0 Å². The van der Waals surface area contributed by atoms with Crippen LogP contribution in [0.2, 0.25) is 0 Å². The Morgan fingerprint density at radius 3 is 3.17 bits per heavy atom. The van der Waals surface area contributed by atoms with Gasteiger partial charge in [-0.2, -0.15) is 0 Å². The van der Waals surface area contributed by atoms with E-state index < -0.39 is 6.09 Å². The Morgan fingerprint density at radius 1 is 1.83 bits per heavy atom. The standard InChI is InChI=1S/C7H13NO4/c1-11-7(10)8-2-3-12-5-6(8)4-9/h6,9H,2-5H2,1H3. The molecule has 5 heteroatoms. The maximum Gasteiger partial charge on any atom is 0.409 e. The maximum absolute atomic E-state index is 11.1. The van der Waals surface area contributed by atoms with Crippen LogP contribution in [0.3, 0.4) is 0 Å². The van der Waals surface area contributed by atoms with E-state index in [1.54, 1.807) is 0 Å². The van der Waals surface area contributed by atoms with Crippen molar-refractivity contribution in [1.29, 1.82) is 0 Å². The molecule has 0 aromatic heterocycles. The molecule has 0 bridgehead atoms. The SMILES string of the molecule is COC(=O)N1CCOCC1CO. The van der Waals surface area contributed by atoms with E-state index >= 15 is 0 Å². The second-order valence-corrected chi connectivity index (χ2v) is 2.57. The van der Waals surface area contributed by atoms with E-state index in [-0.39, 0.29) is 12.6 Å². The van der Waals surface area contributed by atoms with Crippen molar-refractivity contribution in [3.05, 3.63) is 0 Å². The Hall–Kier alpha value is -0.810. The number of hydrogen-bond donors (Lipinski definition) is 1. The summed E-state index contributed by atoms with van der Waals surface area (Å²) in [5.41, 5.74) is 0. The van der Waals surface area contributed by atoms with E-state index in [0.717, 1.165) is 0 Å². The zero-order valence-corrected chi connectivity index (χ0v) is 7.02. The van der Waals surface area contributed by atoms with Gasteiger partial charge in [-0.3, -0.25) is 4.90 Å². The fourth-order valence-electron chi connectivity index (χ4n) is 1.16. The molecular weight excluding hydrogens is 162 g/mol. The molecule has 1 aliphatic rings. The summed E-state index contributed by atoms with van der Waals surface area (Å²) in [6, 6.07) is -0.258. The molecule has 0 spiro atoms. The van der Waals surface area contributed by atoms with Crippen molar-refractivity contribution in [1.82, 2.24) is 4.90 Å². The van der Waals surface area contributed by atoms with Gasteiger partial charge < -0.3 is 14.6 Å². The summed E-state index contributed by atoms with van der Waals surface area (Å²) >= 11 is 0. The summed E-state index contributed by atoms with van der Waals surface area (Å²) in [6.07, 6.45) is -0.405. The molecule has 0 radical (unpaired) electrons. The highest BCUT2D eigenvalue weighted by molar-refractivity contribution is 5.67. The molecule has 1 saturated heterocycles. The first-order valence-electron chi connectivity index (χ1n) is 3.82. The van der Waals surface area contributed by atoms with Crippen molar-refractivity contribution in [2.45, 2.75) is 6.04 Å². The number of carbonyl (C=O) groups excluding carboxylic acids is 1. The minimum atomic E-state index is -0.405. The second-order valence-electron chi connectivity index (χ2n) is 2.57. The van der Waals surface area contributed by atoms with E-state index in [9.17, 15) is 4.79 Å². The maximum atomic E-state index is 11.1. The van der Waals surface area contributed by atoms with Crippen molar-refractivity contribution in [3.63, 3.8) is 0 Å². The van der Waals surface area contributed by atoms with E-state index in [0.29, 0.717) is 19.8 Å². The molecule has 0 aliphatic carbocycles. The average Bonchev–Trinajstić information content (AvgIpc) is 2.16. The molecule has 1 aliphatic heterocycles. The predicted molar refractivity (Wildman–Crippen MR) is 40.8 cm³/mol. The first-order valence-corrected chi connectivity index (χ1v) is 3.82. The minimum absolute atomic E-state index is 0.0882. The number of hydrogen-bond acceptors (Lipinski definition) is 4. The van der Waals surface area contributed by atoms with Gasteiger partial charge in [0.05, 0.1) is 33.0 Å². The molecule has 0 aromatic rings. The van der Waals surface area contributed by atoms with Crippen molar-refractivity contribution in [2.24, 2.45) is 0 Å². The van der Waals surface area contributed by atoms with Crippen molar-refractivity contribution in [3.8, 4) is 0 Å². The first-order chi connectivity index (χ1) is 5.79. The number of carbonyl (C=O) groups is 1. The molecule has 0 saturated carbocycles. The highest BCUT2D eigenvalue weighted by Gasteiger charge is 2.26. The summed E-state index contributed by atoms with van der Waals surface area (Å²) < 4.78 is 9.63. The number of morpholine rings is 1. The molecule has 0 aromatic carbocycles. The Bertz CT molecular complexity index is 161. The third-order valence-corrected chi connectivity index (χ3v) is 1.85. The van der Waals surface area contributed by atoms with Crippen LogP contribution in [0.25, 0.3) is 0 Å². The summed E-state index contributed by atoms with van der Waals surface area (Å²) in [4.78, 5) is 12.5. The number of amides is 1. The monoisotopic (exact) mass is 175 g/mol. The summed E-state index contributed by atoms with van der Waals surface area (Å²) in [7, 11) is 1.33. The third-order valence-electron chi connectivity index (χ3n) is 1.85. The van der Waals surface area contributed by atoms with Crippen LogP contribution in [0, 0.1) is 0 Å². The van der Waals surface area contributed by atoms with Gasteiger partial charge >= 0.3 is 6.09 Å². The van der Waals surface area contributed by atoms with Gasteiger partial charge in [0.15, 0.2) is 0 Å². The molecule has 1 atom stereocenters. The molecule has 12 heavy (non-hydrogen) atoms. The van der Waals surface area contributed by atoms with E-state index in [2.05, 4.69) is 4.74 Å². The zero-order chi connectivity index (χ0) is 8.97. The quantitative estimate of drug-likeness (QED) is 0.580. The van der Waals surface area contributed by atoms with E-state index in [1.165, 1.54) is 12.0 Å². The first kappa shape index (κ1) is 9.28. The summed E-state index contributed by atoms with van der Waals surface area (Å²) in [6.45, 7) is 1.28. The van der Waals surface area contributed by atoms with Crippen LogP contribution < -0.4 is 0 Å². The zero-order valence-electron chi connectivity index (χ0n) is 7.02. The van der Waals surface area contributed by atoms with Crippen LogP contribution >= 0.6 is 0 Å². The molecule has 1 N–H and O–H groups in total. The van der Waals surface area contributed by atoms with Crippen molar-refractivity contribution in [2.75, 3.05) is 33.5 Å². The van der Waals surface area contributed by atoms with Gasteiger partial charge in [-0.1, -0.05) is 0 Å². The smallest absolute Gasteiger partial charge is 0.409 e. The molecule has 1 heterocycles. The largest absolute Gasteiger partial charge is 0.453 e. The normalized spacial score (nSPS) is 23.8. The Kier molecular flexibility index (Phi) is 3.31. The van der Waals surface area contributed by atoms with Gasteiger partial charge in [-0.15, -0.1) is 0 Å². The number of aliphatic hydroxyl groups is 1. The molecule has 1 fully saturated rings. The molecular formula is C7H13NO4. The van der Waals surface area contributed by atoms with Crippen LogP contribution in [0.4, 0.5) is 4.79 Å². The Labute approximate surface area is 70.9 Å². The molecule has 1 unspecified atom stereocenters. The lowest BCUT2D eigenvalue weighted by atomic mass is 10.2. The predicted octanol–water partition coefficient (Wildman–Crippen LogP) is -0.554. The fourth-order valence-corrected chi connectivity index (χ4v) is 1.16. The number of aliphatic hydroxyl groups excluding tert-OH is 1. The van der Waals surface area contributed by atoms with Crippen LogP contribution in [0.5, 0.6) is 0 Å². The van der Waals surface area contributed by atoms with Crippen LogP contribution in [0.1, 0.15) is 0 Å². The average molecular weight is 175 g/mol. The fraction of sp³-hybridized carbons (Fsp3) is 0.857. The number of nitrogens with zero attached hydrogens (tertiary/aromatic N) is 1. The third kappa shape index (κ3) is 1.86. The van der Waals surface area contributed by atoms with Gasteiger partial charge in [0.2, 0.25) is 0 Å². The van der Waals surface area contributed by atoms with Crippen LogP contribution in [-0.2, 0) is 9.47 Å². The lowest BCUT2D eigenvalue weighted by Gasteiger charge is -2.32. The van der Waals surface area contributed by atoms with Crippen molar-refractivity contribution < 1.29 is 19.4 Å². The Morgan fingerprint density at radius 2 is 2.58 bits per heavy atom. The van der Waals surface area contributed by atoms with Gasteiger partial charge in [0.25, 0.3) is 0 Å². The van der Waals surface area contributed by atoms with Gasteiger partial charge in [-0.05, 0) is 0 Å². The lowest BCUT2D eigenvalue weighted by Crippen LogP contribution is -2.50. The van der Waals surface area contributed by atoms with Gasteiger partial charge in [0, 0.05) is 6.54 Å². The van der Waals surface area contributed by atoms with E-state index in [4.69, 9.17) is 9.84 Å². The molecule has 1 rings (SSSR count). The van der Waals surface area contributed by atoms with Gasteiger partial charge in [-0.25, -0.2) is 4.79 Å². The summed E-state index contributed by atoms with van der Waals surface area (Å²) in [5, 5.41) is 8.88. The molecule has 70 valence electrons. The minimum Gasteiger partial charge on any atom is -0.453 e. The topological polar surface area (TPSA) is 59.0 Å². The summed E-state index contributed by atoms with van der Waals surface area (Å²) in [5.74, 6) is 0. The van der Waals surface area contributed by atoms with E-state index in [1.807, 2.05) is 0 Å². The highest BCUT2D eigenvalue weighted by atomic mass is 16.5. The number of ether oxygens (including phenoxy) is 2. The highest BCUT2D eigenvalue weighted by Crippen LogP contribution is 2.07. The van der Waals surface area contributed by atoms with Crippen LogP contribution in [-0.4, -0.2) is 55.6 Å². The second kappa shape index (κ2) is 4.27. The van der Waals surface area contributed by atoms with Crippen molar-refractivity contribution >= 4 is 6.09 Å². The Balaban J connectivity index is 2.52.